The fourth-order valence-electron chi connectivity index (χ4n) is 2.46. The van der Waals surface area contributed by atoms with Gasteiger partial charge in [0.2, 0.25) is 0 Å². The van der Waals surface area contributed by atoms with Gasteiger partial charge in [-0.2, -0.15) is 18.4 Å². The van der Waals surface area contributed by atoms with Crippen LogP contribution in [-0.2, 0) is 17.5 Å². The van der Waals surface area contributed by atoms with Crippen LogP contribution in [0.25, 0.3) is 0 Å². The number of carbonyl (C=O) groups is 1. The number of halogens is 3. The first-order valence-corrected chi connectivity index (χ1v) is 8.80. The van der Waals surface area contributed by atoms with Crippen LogP contribution in [0.15, 0.2) is 36.4 Å². The number of hydrogen-bond acceptors (Lipinski definition) is 5. The highest BCUT2D eigenvalue weighted by atomic mass is 19.4. The number of rotatable bonds is 5. The Morgan fingerprint density at radius 2 is 1.90 bits per heavy atom. The van der Waals surface area contributed by atoms with Crippen molar-refractivity contribution in [1.82, 2.24) is 0 Å². The molecule has 1 amide bonds. The Bertz CT molecular complexity index is 990. The third-order valence-electron chi connectivity index (χ3n) is 3.72. The van der Waals surface area contributed by atoms with Crippen LogP contribution in [0.4, 0.5) is 23.7 Å². The van der Waals surface area contributed by atoms with Gasteiger partial charge < -0.3 is 14.9 Å². The van der Waals surface area contributed by atoms with Gasteiger partial charge in [-0.25, -0.2) is 4.79 Å². The number of carbonyl (C=O) groups excluding carboxylic acids is 1. The average Bonchev–Trinajstić information content (AvgIpc) is 2.64. The minimum Gasteiger partial charge on any atom is -0.488 e. The Balaban J connectivity index is 2.20. The van der Waals surface area contributed by atoms with Crippen molar-refractivity contribution in [3.8, 4) is 11.8 Å². The van der Waals surface area contributed by atoms with Crippen LogP contribution in [-0.4, -0.2) is 17.9 Å². The van der Waals surface area contributed by atoms with Gasteiger partial charge in [-0.3, -0.25) is 5.32 Å². The van der Waals surface area contributed by atoms with E-state index in [1.54, 1.807) is 32.9 Å². The van der Waals surface area contributed by atoms with E-state index in [1.165, 1.54) is 12.1 Å². The lowest BCUT2D eigenvalue weighted by Crippen LogP contribution is -2.27. The lowest BCUT2D eigenvalue weighted by Gasteiger charge is -2.20. The molecule has 0 aliphatic carbocycles. The number of nitriles is 1. The molecule has 2 rings (SSSR count). The largest absolute Gasteiger partial charge is 0.488 e. The highest BCUT2D eigenvalue weighted by molar-refractivity contribution is 5.94. The summed E-state index contributed by atoms with van der Waals surface area (Å²) in [5.41, 5.74) is -0.545. The molecule has 0 aliphatic rings. The van der Waals surface area contributed by atoms with Crippen molar-refractivity contribution >= 4 is 18.0 Å². The van der Waals surface area contributed by atoms with E-state index in [2.05, 4.69) is 5.32 Å². The molecule has 2 aromatic carbocycles. The first kappa shape index (κ1) is 22.7. The van der Waals surface area contributed by atoms with Crippen molar-refractivity contribution < 1.29 is 27.4 Å². The maximum Gasteiger partial charge on any atom is 0.419 e. The van der Waals surface area contributed by atoms with Crippen LogP contribution < -0.4 is 10.1 Å². The average molecular weight is 419 g/mol. The number of benzene rings is 2. The summed E-state index contributed by atoms with van der Waals surface area (Å²) in [7, 11) is 0. The Kier molecular flexibility index (Phi) is 6.72. The van der Waals surface area contributed by atoms with E-state index >= 15 is 0 Å². The van der Waals surface area contributed by atoms with Crippen molar-refractivity contribution in [1.29, 1.82) is 10.7 Å². The molecule has 0 unspecified atom stereocenters. The van der Waals surface area contributed by atoms with Crippen LogP contribution in [0.1, 0.15) is 43.0 Å². The third-order valence-corrected chi connectivity index (χ3v) is 3.72. The van der Waals surface area contributed by atoms with Gasteiger partial charge in [-0.15, -0.1) is 0 Å². The van der Waals surface area contributed by atoms with E-state index in [1.807, 2.05) is 0 Å². The molecule has 6 nitrogen and oxygen atoms in total. The molecule has 0 radical (unpaired) electrons. The Morgan fingerprint density at radius 3 is 2.47 bits per heavy atom. The van der Waals surface area contributed by atoms with E-state index in [0.717, 1.165) is 24.4 Å². The van der Waals surface area contributed by atoms with Gasteiger partial charge in [0.05, 0.1) is 22.9 Å². The summed E-state index contributed by atoms with van der Waals surface area (Å²) >= 11 is 0. The topological polar surface area (TPSA) is 95.2 Å². The number of hydrogen-bond donors (Lipinski definition) is 2. The van der Waals surface area contributed by atoms with Crippen LogP contribution in [0.5, 0.6) is 5.75 Å². The summed E-state index contributed by atoms with van der Waals surface area (Å²) in [5.74, 6) is -0.464. The second-order valence-corrected chi connectivity index (χ2v) is 7.30. The molecule has 0 atom stereocenters. The van der Waals surface area contributed by atoms with E-state index in [4.69, 9.17) is 20.1 Å². The van der Waals surface area contributed by atoms with Crippen LogP contribution in [0.3, 0.4) is 0 Å². The minimum atomic E-state index is -4.63. The van der Waals surface area contributed by atoms with E-state index in [0.29, 0.717) is 16.8 Å². The molecule has 0 spiro atoms. The number of anilines is 1. The smallest absolute Gasteiger partial charge is 0.419 e. The quantitative estimate of drug-likeness (QED) is 0.626. The van der Waals surface area contributed by atoms with Crippen molar-refractivity contribution in [2.45, 2.75) is 39.2 Å². The maximum atomic E-state index is 13.2. The second kappa shape index (κ2) is 8.86. The van der Waals surface area contributed by atoms with Crippen molar-refractivity contribution in [2.24, 2.45) is 0 Å². The zero-order chi connectivity index (χ0) is 22.5. The first-order valence-electron chi connectivity index (χ1n) is 8.80. The van der Waals surface area contributed by atoms with Crippen LogP contribution in [0, 0.1) is 16.7 Å². The molecule has 0 saturated carbocycles. The molecule has 158 valence electrons. The molecule has 0 bridgehead atoms. The monoisotopic (exact) mass is 419 g/mol. The predicted molar refractivity (Wildman–Crippen MR) is 105 cm³/mol. The SMILES string of the molecule is CC(C)(C)OC(=O)Nc1ccc(COc2cc(C#N)ccc2C(F)(F)F)cc1C=N. The van der Waals surface area contributed by atoms with E-state index < -0.39 is 29.2 Å². The first-order chi connectivity index (χ1) is 13.9. The Hall–Kier alpha value is -3.54. The lowest BCUT2D eigenvalue weighted by atomic mass is 10.1. The number of alkyl halides is 3. The predicted octanol–water partition coefficient (Wildman–Crippen LogP) is 5.50. The summed E-state index contributed by atoms with van der Waals surface area (Å²) in [6.45, 7) is 4.90. The number of ether oxygens (including phenoxy) is 2. The van der Waals surface area contributed by atoms with Gasteiger partial charge in [0.1, 0.15) is 18.0 Å². The van der Waals surface area contributed by atoms with Crippen molar-refractivity contribution in [3.05, 3.63) is 58.7 Å². The molecule has 0 saturated heterocycles. The molecule has 0 fully saturated rings. The summed E-state index contributed by atoms with van der Waals surface area (Å²) in [4.78, 5) is 11.9. The van der Waals surface area contributed by atoms with E-state index in [9.17, 15) is 18.0 Å². The number of amides is 1. The molecule has 2 N–H and O–H groups in total. The van der Waals surface area contributed by atoms with Gasteiger partial charge in [-0.1, -0.05) is 6.07 Å². The van der Waals surface area contributed by atoms with E-state index in [-0.39, 0.29) is 12.2 Å². The van der Waals surface area contributed by atoms with Crippen molar-refractivity contribution in [2.75, 3.05) is 5.32 Å². The third kappa shape index (κ3) is 6.24. The van der Waals surface area contributed by atoms with Crippen molar-refractivity contribution in [3.63, 3.8) is 0 Å². The zero-order valence-corrected chi connectivity index (χ0v) is 16.6. The van der Waals surface area contributed by atoms with Crippen LogP contribution >= 0.6 is 0 Å². The normalized spacial score (nSPS) is 11.4. The lowest BCUT2D eigenvalue weighted by molar-refractivity contribution is -0.139. The molecule has 30 heavy (non-hydrogen) atoms. The van der Waals surface area contributed by atoms with Crippen LogP contribution in [0.2, 0.25) is 0 Å². The summed E-state index contributed by atoms with van der Waals surface area (Å²) in [6.07, 6.45) is -4.34. The van der Waals surface area contributed by atoms with Gasteiger partial charge in [0.15, 0.2) is 0 Å². The number of nitrogens with one attached hydrogen (secondary N) is 2. The second-order valence-electron chi connectivity index (χ2n) is 7.30. The molecule has 0 aliphatic heterocycles. The molecular formula is C21H20F3N3O3. The summed E-state index contributed by atoms with van der Waals surface area (Å²) in [6, 6.07) is 9.21. The highest BCUT2D eigenvalue weighted by Gasteiger charge is 2.34. The summed E-state index contributed by atoms with van der Waals surface area (Å²) in [5, 5.41) is 19.0. The maximum absolute atomic E-state index is 13.2. The molecule has 9 heteroatoms. The number of nitrogens with zero attached hydrogens (tertiary/aromatic N) is 1. The fraction of sp³-hybridized carbons (Fsp3) is 0.286. The highest BCUT2D eigenvalue weighted by Crippen LogP contribution is 2.37. The Morgan fingerprint density at radius 1 is 1.20 bits per heavy atom. The molecule has 0 aromatic heterocycles. The van der Waals surface area contributed by atoms with Gasteiger partial charge in [0.25, 0.3) is 0 Å². The summed E-state index contributed by atoms with van der Waals surface area (Å²) < 4.78 is 50.0. The van der Waals surface area contributed by atoms with Gasteiger partial charge in [0, 0.05) is 11.8 Å². The fourth-order valence-corrected chi connectivity index (χ4v) is 2.46. The minimum absolute atomic E-state index is 0.0371. The molecule has 2 aromatic rings. The van der Waals surface area contributed by atoms with Gasteiger partial charge >= 0.3 is 12.3 Å². The Labute approximate surface area is 171 Å². The molecule has 0 heterocycles. The van der Waals surface area contributed by atoms with Gasteiger partial charge in [-0.05, 0) is 56.7 Å². The zero-order valence-electron chi connectivity index (χ0n) is 16.6. The standard InChI is InChI=1S/C21H20F3N3O3/c1-20(2,3)30-19(28)27-17-7-5-14(8-15(17)11-26)12-29-18-9-13(10-25)4-6-16(18)21(22,23)24/h4-9,11,26H,12H2,1-3H3,(H,27,28). The molecular weight excluding hydrogens is 399 g/mol.